The Labute approximate surface area is 133 Å². The van der Waals surface area contributed by atoms with Gasteiger partial charge in [0.25, 0.3) is 0 Å². The molecule has 0 fully saturated rings. The number of hydrogen-bond acceptors (Lipinski definition) is 6. The van der Waals surface area contributed by atoms with E-state index in [-0.39, 0.29) is 31.0 Å². The van der Waals surface area contributed by atoms with Crippen molar-refractivity contribution in [3.63, 3.8) is 0 Å². The van der Waals surface area contributed by atoms with Crippen LogP contribution >= 0.6 is 0 Å². The third kappa shape index (κ3) is 3.96. The predicted molar refractivity (Wildman–Crippen MR) is 83.3 cm³/mol. The first-order chi connectivity index (χ1) is 11.0. The van der Waals surface area contributed by atoms with Crippen LogP contribution in [0.3, 0.4) is 0 Å². The molecule has 0 bridgehead atoms. The summed E-state index contributed by atoms with van der Waals surface area (Å²) in [6.45, 7) is 0.472. The minimum atomic E-state index is -3.76. The van der Waals surface area contributed by atoms with Crippen molar-refractivity contribution in [2.45, 2.75) is 11.3 Å². The predicted octanol–water partition coefficient (Wildman–Crippen LogP) is 1.34. The highest BCUT2D eigenvalue weighted by Crippen LogP contribution is 2.21. The molecule has 0 atom stereocenters. The molecule has 0 aliphatic rings. The van der Waals surface area contributed by atoms with Crippen LogP contribution in [0, 0.1) is 11.3 Å². The Morgan fingerprint density at radius 3 is 2.74 bits per heavy atom. The number of sulfonamides is 1. The molecule has 2 aromatic rings. The molecule has 8 heteroatoms. The molecule has 7 nitrogen and oxygen atoms in total. The third-order valence-electron chi connectivity index (χ3n) is 3.25. The second kappa shape index (κ2) is 7.37. The summed E-state index contributed by atoms with van der Waals surface area (Å²) in [5, 5.41) is 9.21. The molecule has 2 rings (SSSR count). The van der Waals surface area contributed by atoms with Crippen LogP contribution in [-0.4, -0.2) is 39.5 Å². The molecule has 0 saturated heterocycles. The number of fused-ring (bicyclic) bond motifs is 1. The number of ether oxygens (including phenoxy) is 1. The fourth-order valence-electron chi connectivity index (χ4n) is 2.08. The van der Waals surface area contributed by atoms with Gasteiger partial charge in [-0.3, -0.25) is 0 Å². The Morgan fingerprint density at radius 1 is 1.26 bits per heavy atom. The van der Waals surface area contributed by atoms with Crippen LogP contribution < -0.4 is 5.63 Å². The van der Waals surface area contributed by atoms with E-state index >= 15 is 0 Å². The van der Waals surface area contributed by atoms with Crippen LogP contribution in [0.5, 0.6) is 0 Å². The fourth-order valence-corrected chi connectivity index (χ4v) is 3.54. The lowest BCUT2D eigenvalue weighted by Crippen LogP contribution is -2.34. The van der Waals surface area contributed by atoms with Gasteiger partial charge in [-0.1, -0.05) is 0 Å². The van der Waals surface area contributed by atoms with Gasteiger partial charge in [0.1, 0.15) is 5.58 Å². The van der Waals surface area contributed by atoms with Crippen LogP contribution in [0.25, 0.3) is 11.0 Å². The van der Waals surface area contributed by atoms with E-state index in [1.165, 1.54) is 41.7 Å². The summed E-state index contributed by atoms with van der Waals surface area (Å²) in [6, 6.07) is 8.95. The molecule has 0 aliphatic carbocycles. The van der Waals surface area contributed by atoms with Crippen LogP contribution in [0.15, 0.2) is 44.4 Å². The molecule has 0 unspecified atom stereocenters. The number of hydrogen-bond donors (Lipinski definition) is 0. The number of rotatable bonds is 7. The highest BCUT2D eigenvalue weighted by molar-refractivity contribution is 7.89. The molecule has 1 heterocycles. The van der Waals surface area contributed by atoms with Gasteiger partial charge in [0.15, 0.2) is 0 Å². The van der Waals surface area contributed by atoms with Gasteiger partial charge in [0, 0.05) is 38.1 Å². The molecular weight excluding hydrogens is 320 g/mol. The summed E-state index contributed by atoms with van der Waals surface area (Å²) in [6.07, 6.45) is 0.0887. The third-order valence-corrected chi connectivity index (χ3v) is 5.14. The molecule has 0 saturated carbocycles. The van der Waals surface area contributed by atoms with Gasteiger partial charge >= 0.3 is 5.63 Å². The molecule has 1 aromatic heterocycles. The highest BCUT2D eigenvalue weighted by atomic mass is 32.2. The monoisotopic (exact) mass is 336 g/mol. The van der Waals surface area contributed by atoms with Gasteiger partial charge in [0.05, 0.1) is 17.6 Å². The van der Waals surface area contributed by atoms with Gasteiger partial charge in [-0.2, -0.15) is 9.57 Å². The van der Waals surface area contributed by atoms with E-state index in [2.05, 4.69) is 0 Å². The van der Waals surface area contributed by atoms with Crippen molar-refractivity contribution in [1.29, 1.82) is 5.26 Å². The summed E-state index contributed by atoms with van der Waals surface area (Å²) in [7, 11) is -2.29. The first-order valence-corrected chi connectivity index (χ1v) is 8.33. The van der Waals surface area contributed by atoms with Crippen LogP contribution in [0.4, 0.5) is 0 Å². The Kier molecular flexibility index (Phi) is 5.50. The van der Waals surface area contributed by atoms with Crippen molar-refractivity contribution in [3.8, 4) is 6.07 Å². The molecule has 0 spiro atoms. The first-order valence-electron chi connectivity index (χ1n) is 6.89. The van der Waals surface area contributed by atoms with Crippen molar-refractivity contribution in [2.24, 2.45) is 0 Å². The Hall–Kier alpha value is -2.21. The number of benzene rings is 1. The smallest absolute Gasteiger partial charge is 0.336 e. The van der Waals surface area contributed by atoms with Crippen molar-refractivity contribution < 1.29 is 17.6 Å². The number of methoxy groups -OCH3 is 1. The second-order valence-corrected chi connectivity index (χ2v) is 6.70. The quantitative estimate of drug-likeness (QED) is 0.707. The Bertz CT molecular complexity index is 883. The van der Waals surface area contributed by atoms with E-state index < -0.39 is 15.6 Å². The van der Waals surface area contributed by atoms with Crippen LogP contribution in [0.2, 0.25) is 0 Å². The van der Waals surface area contributed by atoms with Gasteiger partial charge < -0.3 is 9.15 Å². The maximum absolute atomic E-state index is 12.7. The molecular formula is C15H16N2O5S. The zero-order valence-corrected chi connectivity index (χ0v) is 13.4. The lowest BCUT2D eigenvalue weighted by atomic mass is 10.2. The highest BCUT2D eigenvalue weighted by Gasteiger charge is 2.24. The summed E-state index contributed by atoms with van der Waals surface area (Å²) in [5.74, 6) is 0. The molecule has 0 amide bonds. The Balaban J connectivity index is 2.41. The molecule has 23 heavy (non-hydrogen) atoms. The lowest BCUT2D eigenvalue weighted by molar-refractivity contribution is 0.179. The minimum absolute atomic E-state index is 0.0768. The topological polar surface area (TPSA) is 101 Å². The minimum Gasteiger partial charge on any atom is -0.423 e. The molecule has 0 radical (unpaired) electrons. The van der Waals surface area contributed by atoms with Gasteiger partial charge in [-0.05, 0) is 24.3 Å². The van der Waals surface area contributed by atoms with Crippen molar-refractivity contribution >= 4 is 21.0 Å². The average Bonchev–Trinajstić information content (AvgIpc) is 2.54. The van der Waals surface area contributed by atoms with Gasteiger partial charge in [-0.25, -0.2) is 13.2 Å². The summed E-state index contributed by atoms with van der Waals surface area (Å²) in [4.78, 5) is 11.2. The van der Waals surface area contributed by atoms with E-state index in [0.29, 0.717) is 11.0 Å². The van der Waals surface area contributed by atoms with Crippen molar-refractivity contribution in [3.05, 3.63) is 40.8 Å². The average molecular weight is 336 g/mol. The normalized spacial score (nSPS) is 11.7. The Morgan fingerprint density at radius 2 is 2.04 bits per heavy atom. The SMILES string of the molecule is COCCN(CCC#N)S(=O)(=O)c1ccc2oc(=O)ccc2c1. The standard InChI is InChI=1S/C15H16N2O5S/c1-21-10-9-17(8-2-7-16)23(19,20)13-4-5-14-12(11-13)3-6-15(18)22-14/h3-6,11H,2,8-10H2,1H3. The van der Waals surface area contributed by atoms with Crippen molar-refractivity contribution in [1.82, 2.24) is 4.31 Å². The molecule has 122 valence electrons. The fraction of sp³-hybridized carbons (Fsp3) is 0.333. The molecule has 0 aliphatic heterocycles. The van der Waals surface area contributed by atoms with Crippen LogP contribution in [0.1, 0.15) is 6.42 Å². The number of nitrogens with zero attached hydrogens (tertiary/aromatic N) is 2. The summed E-state index contributed by atoms with van der Waals surface area (Å²) in [5.41, 5.74) is -0.180. The van der Waals surface area contributed by atoms with Crippen molar-refractivity contribution in [2.75, 3.05) is 26.8 Å². The number of nitriles is 1. The maximum atomic E-state index is 12.7. The van der Waals surface area contributed by atoms with E-state index in [4.69, 9.17) is 14.4 Å². The lowest BCUT2D eigenvalue weighted by Gasteiger charge is -2.20. The zero-order valence-electron chi connectivity index (χ0n) is 12.6. The second-order valence-electron chi connectivity index (χ2n) is 4.76. The van der Waals surface area contributed by atoms with E-state index in [1.54, 1.807) is 0 Å². The maximum Gasteiger partial charge on any atom is 0.336 e. The first kappa shape index (κ1) is 17.1. The van der Waals surface area contributed by atoms with E-state index in [0.717, 1.165) is 0 Å². The van der Waals surface area contributed by atoms with E-state index in [1.807, 2.05) is 6.07 Å². The zero-order chi connectivity index (χ0) is 16.9. The summed E-state index contributed by atoms with van der Waals surface area (Å²) < 4.78 is 36.6. The van der Waals surface area contributed by atoms with Gasteiger partial charge in [-0.15, -0.1) is 0 Å². The molecule has 1 aromatic carbocycles. The van der Waals surface area contributed by atoms with E-state index in [9.17, 15) is 13.2 Å². The largest absolute Gasteiger partial charge is 0.423 e. The van der Waals surface area contributed by atoms with Gasteiger partial charge in [0.2, 0.25) is 10.0 Å². The van der Waals surface area contributed by atoms with Crippen LogP contribution in [-0.2, 0) is 14.8 Å². The summed E-state index contributed by atoms with van der Waals surface area (Å²) >= 11 is 0. The molecule has 0 N–H and O–H groups in total.